The van der Waals surface area contributed by atoms with Crippen LogP contribution in [0.3, 0.4) is 0 Å². The minimum absolute atomic E-state index is 0.0749. The summed E-state index contributed by atoms with van der Waals surface area (Å²) in [5.41, 5.74) is 1.00. The van der Waals surface area contributed by atoms with Gasteiger partial charge in [-0.2, -0.15) is 0 Å². The smallest absolute Gasteiger partial charge is 0.175 e. The summed E-state index contributed by atoms with van der Waals surface area (Å²) in [4.78, 5) is 15.8. The second-order valence-corrected chi connectivity index (χ2v) is 8.53. The number of anilines is 1. The van der Waals surface area contributed by atoms with Crippen molar-refractivity contribution in [2.45, 2.75) is 31.8 Å². The lowest BCUT2D eigenvalue weighted by atomic mass is 10.00. The van der Waals surface area contributed by atoms with Gasteiger partial charge < -0.3 is 15.3 Å². The van der Waals surface area contributed by atoms with E-state index in [1.807, 2.05) is 24.3 Å². The van der Waals surface area contributed by atoms with Gasteiger partial charge in [0.2, 0.25) is 0 Å². The zero-order chi connectivity index (χ0) is 21.1. The third-order valence-corrected chi connectivity index (χ3v) is 6.39. The quantitative estimate of drug-likeness (QED) is 0.517. The number of aromatic nitrogens is 3. The highest BCUT2D eigenvalue weighted by atomic mass is 19.1. The van der Waals surface area contributed by atoms with E-state index < -0.39 is 5.82 Å². The molecule has 6 rings (SSSR count). The number of pyridine rings is 1. The molecule has 2 aliphatic heterocycles. The number of benzene rings is 2. The molecule has 2 aromatic heterocycles. The van der Waals surface area contributed by atoms with E-state index in [4.69, 9.17) is 0 Å². The Hall–Kier alpha value is -3.32. The van der Waals surface area contributed by atoms with Gasteiger partial charge in [0.15, 0.2) is 5.82 Å². The van der Waals surface area contributed by atoms with E-state index in [0.29, 0.717) is 28.9 Å². The molecule has 0 saturated carbocycles. The number of piperazine rings is 1. The van der Waals surface area contributed by atoms with E-state index >= 15 is 4.39 Å². The number of phenols is 1. The molecule has 2 saturated heterocycles. The fraction of sp³-hybridized carbons (Fsp3) is 0.292. The zero-order valence-electron chi connectivity index (χ0n) is 17.1. The Kier molecular flexibility index (Phi) is 4.08. The maximum Gasteiger partial charge on any atom is 0.175 e. The maximum atomic E-state index is 15.8. The third-order valence-electron chi connectivity index (χ3n) is 6.39. The lowest BCUT2D eigenvalue weighted by Gasteiger charge is -2.34. The molecule has 2 atom stereocenters. The second kappa shape index (κ2) is 6.85. The van der Waals surface area contributed by atoms with Crippen LogP contribution in [0.1, 0.15) is 18.7 Å². The number of hydrogen-bond donors (Lipinski definition) is 2. The fourth-order valence-electron chi connectivity index (χ4n) is 5.04. The van der Waals surface area contributed by atoms with Gasteiger partial charge in [-0.3, -0.25) is 4.98 Å². The summed E-state index contributed by atoms with van der Waals surface area (Å²) in [5.74, 6) is 0.869. The molecule has 6 nitrogen and oxygen atoms in total. The molecule has 2 fully saturated rings. The van der Waals surface area contributed by atoms with E-state index in [1.165, 1.54) is 0 Å². The first kappa shape index (κ1) is 18.4. The Morgan fingerprint density at radius 2 is 1.84 bits per heavy atom. The largest absolute Gasteiger partial charge is 0.508 e. The molecule has 4 heterocycles. The van der Waals surface area contributed by atoms with Gasteiger partial charge in [0.25, 0.3) is 0 Å². The summed E-state index contributed by atoms with van der Waals surface area (Å²) < 4.78 is 15.8. The highest BCUT2D eigenvalue weighted by Gasteiger charge is 2.34. The minimum atomic E-state index is -0.488. The van der Waals surface area contributed by atoms with Crippen LogP contribution in [0.15, 0.2) is 42.6 Å². The highest BCUT2D eigenvalue weighted by Crippen LogP contribution is 2.36. The third kappa shape index (κ3) is 2.99. The molecular formula is C24H22FN5O. The average Bonchev–Trinajstić information content (AvgIpc) is 3.11. The number of aromatic hydroxyl groups is 1. The molecule has 0 radical (unpaired) electrons. The van der Waals surface area contributed by atoms with Crippen LogP contribution in [0.2, 0.25) is 0 Å². The van der Waals surface area contributed by atoms with E-state index in [2.05, 4.69) is 25.2 Å². The molecule has 2 aromatic carbocycles. The van der Waals surface area contributed by atoms with E-state index in [1.54, 1.807) is 25.3 Å². The summed E-state index contributed by atoms with van der Waals surface area (Å²) in [6, 6.07) is 11.7. The summed E-state index contributed by atoms with van der Waals surface area (Å²) in [7, 11) is 0. The van der Waals surface area contributed by atoms with Gasteiger partial charge in [-0.1, -0.05) is 24.3 Å². The first-order chi connectivity index (χ1) is 15.1. The van der Waals surface area contributed by atoms with E-state index in [9.17, 15) is 5.11 Å². The number of fused-ring (bicyclic) bond motifs is 4. The molecule has 2 bridgehead atoms. The van der Waals surface area contributed by atoms with Crippen LogP contribution in [0.5, 0.6) is 5.75 Å². The van der Waals surface area contributed by atoms with Crippen LogP contribution in [0, 0.1) is 12.7 Å². The molecule has 31 heavy (non-hydrogen) atoms. The van der Waals surface area contributed by atoms with E-state index in [-0.39, 0.29) is 17.0 Å². The van der Waals surface area contributed by atoms with Crippen molar-refractivity contribution in [1.29, 1.82) is 0 Å². The maximum absolute atomic E-state index is 15.8. The Bertz CT molecular complexity index is 1330. The molecule has 4 aromatic rings. The first-order valence-corrected chi connectivity index (χ1v) is 10.6. The zero-order valence-corrected chi connectivity index (χ0v) is 17.1. The van der Waals surface area contributed by atoms with Gasteiger partial charge in [0.1, 0.15) is 28.6 Å². The van der Waals surface area contributed by atoms with Gasteiger partial charge in [-0.25, -0.2) is 14.4 Å². The summed E-state index contributed by atoms with van der Waals surface area (Å²) in [5, 5.41) is 16.1. The predicted molar refractivity (Wildman–Crippen MR) is 119 cm³/mol. The molecule has 7 heteroatoms. The number of phenolic OH excluding ortho intramolecular Hbond substituents is 1. The summed E-state index contributed by atoms with van der Waals surface area (Å²) >= 11 is 0. The lowest BCUT2D eigenvalue weighted by Crippen LogP contribution is -2.51. The van der Waals surface area contributed by atoms with Crippen LogP contribution < -0.4 is 10.2 Å². The molecule has 2 aliphatic rings. The Balaban J connectivity index is 1.54. The molecule has 2 N–H and O–H groups in total. The van der Waals surface area contributed by atoms with Crippen LogP contribution in [0.4, 0.5) is 10.2 Å². The van der Waals surface area contributed by atoms with Crippen LogP contribution >= 0.6 is 0 Å². The van der Waals surface area contributed by atoms with Crippen molar-refractivity contribution in [2.75, 3.05) is 18.0 Å². The Morgan fingerprint density at radius 3 is 2.65 bits per heavy atom. The van der Waals surface area contributed by atoms with Gasteiger partial charge >= 0.3 is 0 Å². The standard InChI is InChI=1S/C24H22FN5O/c1-13-27-23-20(24(28-13)30-11-15-6-7-16(12-30)29-15)10-26-22(21(23)25)19-9-17(31)8-14-4-2-3-5-18(14)19/h2-5,8-10,15-16,29,31H,6-7,11-12H2,1H3. The number of hydrogen-bond acceptors (Lipinski definition) is 6. The number of nitrogens with zero attached hydrogens (tertiary/aromatic N) is 4. The van der Waals surface area contributed by atoms with Crippen molar-refractivity contribution in [2.24, 2.45) is 0 Å². The summed E-state index contributed by atoms with van der Waals surface area (Å²) in [6.45, 7) is 3.49. The SMILES string of the molecule is Cc1nc(N2CC3CCC(C2)N3)c2cnc(-c3cc(O)cc4ccccc34)c(F)c2n1. The predicted octanol–water partition coefficient (Wildman–Crippen LogP) is 3.94. The van der Waals surface area contributed by atoms with Crippen LogP contribution in [-0.2, 0) is 0 Å². The number of nitrogens with one attached hydrogen (secondary N) is 1. The van der Waals surface area contributed by atoms with Gasteiger partial charge in [-0.15, -0.1) is 0 Å². The number of halogens is 1. The van der Waals surface area contributed by atoms with Crippen molar-refractivity contribution in [3.05, 3.63) is 54.2 Å². The van der Waals surface area contributed by atoms with Gasteiger partial charge in [0, 0.05) is 36.9 Å². The van der Waals surface area contributed by atoms with E-state index in [0.717, 1.165) is 42.5 Å². The minimum Gasteiger partial charge on any atom is -0.508 e. The first-order valence-electron chi connectivity index (χ1n) is 10.6. The van der Waals surface area contributed by atoms with Crippen LogP contribution in [0.25, 0.3) is 32.9 Å². The molecular weight excluding hydrogens is 393 g/mol. The number of aryl methyl sites for hydroxylation is 1. The number of rotatable bonds is 2. The van der Waals surface area contributed by atoms with Crippen molar-refractivity contribution < 1.29 is 9.50 Å². The van der Waals surface area contributed by atoms with Gasteiger partial charge in [0.05, 0.1) is 5.39 Å². The second-order valence-electron chi connectivity index (χ2n) is 8.53. The Labute approximate surface area is 178 Å². The molecule has 156 valence electrons. The van der Waals surface area contributed by atoms with Crippen LogP contribution in [-0.4, -0.2) is 45.2 Å². The van der Waals surface area contributed by atoms with Crippen molar-refractivity contribution >= 4 is 27.5 Å². The van der Waals surface area contributed by atoms with Gasteiger partial charge in [-0.05, 0) is 42.7 Å². The average molecular weight is 415 g/mol. The normalized spacial score (nSPS) is 20.6. The van der Waals surface area contributed by atoms with Crippen molar-refractivity contribution in [3.63, 3.8) is 0 Å². The van der Waals surface area contributed by atoms with Crippen molar-refractivity contribution in [3.8, 4) is 17.0 Å². The topological polar surface area (TPSA) is 74.2 Å². The summed E-state index contributed by atoms with van der Waals surface area (Å²) in [6.07, 6.45) is 3.99. The lowest BCUT2D eigenvalue weighted by molar-refractivity contribution is 0.464. The molecule has 0 amide bonds. The van der Waals surface area contributed by atoms with Crippen molar-refractivity contribution in [1.82, 2.24) is 20.3 Å². The molecule has 0 aliphatic carbocycles. The highest BCUT2D eigenvalue weighted by molar-refractivity contribution is 5.99. The Morgan fingerprint density at radius 1 is 1.06 bits per heavy atom. The monoisotopic (exact) mass is 415 g/mol. The molecule has 0 spiro atoms. The fourth-order valence-corrected chi connectivity index (χ4v) is 5.04. The molecule has 2 unspecified atom stereocenters.